The van der Waals surface area contributed by atoms with Crippen LogP contribution in [0, 0.1) is 0 Å². The van der Waals surface area contributed by atoms with Gasteiger partial charge in [-0.25, -0.2) is 0 Å². The second kappa shape index (κ2) is 5.85. The predicted molar refractivity (Wildman–Crippen MR) is 71.2 cm³/mol. The molecule has 0 bridgehead atoms. The Labute approximate surface area is 108 Å². The van der Waals surface area contributed by atoms with Gasteiger partial charge in [0.15, 0.2) is 0 Å². The number of aliphatic hydroxyl groups excluding tert-OH is 1. The normalized spacial score (nSPS) is 25.2. The van der Waals surface area contributed by atoms with Crippen LogP contribution in [0.4, 0.5) is 0 Å². The monoisotopic (exact) mass is 253 g/mol. The van der Waals surface area contributed by atoms with Crippen molar-refractivity contribution < 1.29 is 5.11 Å². The Hall–Kier alpha value is -0.570. The molecule has 0 amide bonds. The lowest BCUT2D eigenvalue weighted by Gasteiger charge is -2.35. The number of benzene rings is 1. The minimum atomic E-state index is -0.166. The van der Waals surface area contributed by atoms with E-state index < -0.39 is 0 Å². The Morgan fingerprint density at radius 3 is 2.53 bits per heavy atom. The maximum absolute atomic E-state index is 10.00. The van der Waals surface area contributed by atoms with Crippen LogP contribution in [-0.4, -0.2) is 29.2 Å². The summed E-state index contributed by atoms with van der Waals surface area (Å²) in [6.45, 7) is 0.874. The van der Waals surface area contributed by atoms with Crippen molar-refractivity contribution in [3.05, 3.63) is 34.9 Å². The van der Waals surface area contributed by atoms with Crippen molar-refractivity contribution in [1.82, 2.24) is 4.90 Å². The molecule has 1 aliphatic rings. The molecule has 1 N–H and O–H groups in total. The van der Waals surface area contributed by atoms with Crippen molar-refractivity contribution in [2.45, 2.75) is 44.4 Å². The molecule has 0 spiro atoms. The molecule has 1 aliphatic carbocycles. The zero-order valence-electron chi connectivity index (χ0n) is 10.3. The van der Waals surface area contributed by atoms with Crippen molar-refractivity contribution in [3.63, 3.8) is 0 Å². The lowest BCUT2D eigenvalue weighted by molar-refractivity contribution is 0.0288. The quantitative estimate of drug-likeness (QED) is 0.895. The standard InChI is InChI=1S/C14H20ClNO/c1-16(13-4-2-3-5-14(13)17)10-11-6-8-12(15)9-7-11/h6-9,13-14,17H,2-5,10H2,1H3/t13-,14-/m0/s1. The Balaban J connectivity index is 1.95. The largest absolute Gasteiger partial charge is 0.391 e. The summed E-state index contributed by atoms with van der Waals surface area (Å²) < 4.78 is 0. The number of likely N-dealkylation sites (N-methyl/N-ethyl adjacent to an activating group) is 1. The van der Waals surface area contributed by atoms with Crippen LogP contribution >= 0.6 is 11.6 Å². The van der Waals surface area contributed by atoms with Gasteiger partial charge in [-0.3, -0.25) is 4.90 Å². The summed E-state index contributed by atoms with van der Waals surface area (Å²) in [5.41, 5.74) is 1.25. The molecule has 17 heavy (non-hydrogen) atoms. The van der Waals surface area contributed by atoms with E-state index in [1.807, 2.05) is 24.3 Å². The van der Waals surface area contributed by atoms with Gasteiger partial charge in [-0.2, -0.15) is 0 Å². The first-order valence-electron chi connectivity index (χ1n) is 6.29. The Morgan fingerprint density at radius 2 is 1.88 bits per heavy atom. The lowest BCUT2D eigenvalue weighted by atomic mass is 9.91. The van der Waals surface area contributed by atoms with E-state index in [-0.39, 0.29) is 6.10 Å². The van der Waals surface area contributed by atoms with E-state index in [1.54, 1.807) is 0 Å². The molecule has 0 aliphatic heterocycles. The number of halogens is 1. The van der Waals surface area contributed by atoms with Gasteiger partial charge in [0, 0.05) is 17.6 Å². The summed E-state index contributed by atoms with van der Waals surface area (Å²) in [7, 11) is 2.09. The van der Waals surface area contributed by atoms with Gasteiger partial charge in [-0.05, 0) is 37.6 Å². The fourth-order valence-electron chi connectivity index (χ4n) is 2.60. The van der Waals surface area contributed by atoms with Crippen LogP contribution in [0.5, 0.6) is 0 Å². The van der Waals surface area contributed by atoms with Gasteiger partial charge in [0.25, 0.3) is 0 Å². The third-order valence-electron chi connectivity index (χ3n) is 3.61. The number of nitrogens with zero attached hydrogens (tertiary/aromatic N) is 1. The highest BCUT2D eigenvalue weighted by molar-refractivity contribution is 6.30. The van der Waals surface area contributed by atoms with Gasteiger partial charge in [0.1, 0.15) is 0 Å². The van der Waals surface area contributed by atoms with Gasteiger partial charge >= 0.3 is 0 Å². The SMILES string of the molecule is CN(Cc1ccc(Cl)cc1)[C@H]1CCCC[C@@H]1O. The highest BCUT2D eigenvalue weighted by atomic mass is 35.5. The van der Waals surface area contributed by atoms with E-state index in [1.165, 1.54) is 12.0 Å². The molecule has 1 saturated carbocycles. The van der Waals surface area contributed by atoms with E-state index in [0.29, 0.717) is 6.04 Å². The van der Waals surface area contributed by atoms with Crippen molar-refractivity contribution in [2.24, 2.45) is 0 Å². The zero-order chi connectivity index (χ0) is 12.3. The molecular formula is C14H20ClNO. The van der Waals surface area contributed by atoms with Crippen LogP contribution in [0.1, 0.15) is 31.2 Å². The van der Waals surface area contributed by atoms with E-state index in [4.69, 9.17) is 11.6 Å². The third kappa shape index (κ3) is 3.44. The molecule has 94 valence electrons. The van der Waals surface area contributed by atoms with Crippen LogP contribution in [0.3, 0.4) is 0 Å². The van der Waals surface area contributed by atoms with E-state index in [2.05, 4.69) is 11.9 Å². The van der Waals surface area contributed by atoms with E-state index in [9.17, 15) is 5.11 Å². The molecule has 0 radical (unpaired) electrons. The van der Waals surface area contributed by atoms with Crippen LogP contribution in [-0.2, 0) is 6.54 Å². The van der Waals surface area contributed by atoms with Crippen LogP contribution < -0.4 is 0 Å². The second-order valence-electron chi connectivity index (χ2n) is 4.96. The number of hydrogen-bond acceptors (Lipinski definition) is 2. The maximum Gasteiger partial charge on any atom is 0.0695 e. The van der Waals surface area contributed by atoms with Gasteiger partial charge in [-0.15, -0.1) is 0 Å². The van der Waals surface area contributed by atoms with Crippen molar-refractivity contribution in [1.29, 1.82) is 0 Å². The van der Waals surface area contributed by atoms with Gasteiger partial charge in [-0.1, -0.05) is 36.6 Å². The van der Waals surface area contributed by atoms with Crippen LogP contribution in [0.25, 0.3) is 0 Å². The first-order valence-corrected chi connectivity index (χ1v) is 6.67. The van der Waals surface area contributed by atoms with Gasteiger partial charge in [0.2, 0.25) is 0 Å². The molecule has 2 atom stereocenters. The zero-order valence-corrected chi connectivity index (χ0v) is 11.0. The molecule has 1 fully saturated rings. The molecule has 0 saturated heterocycles. The summed E-state index contributed by atoms with van der Waals surface area (Å²) in [5.74, 6) is 0. The molecule has 2 rings (SSSR count). The Bertz CT molecular complexity index is 352. The van der Waals surface area contributed by atoms with Crippen molar-refractivity contribution >= 4 is 11.6 Å². The van der Waals surface area contributed by atoms with Crippen LogP contribution in [0.2, 0.25) is 5.02 Å². The first kappa shape index (κ1) is 12.9. The Kier molecular flexibility index (Phi) is 4.43. The summed E-state index contributed by atoms with van der Waals surface area (Å²) in [5, 5.41) is 10.8. The maximum atomic E-state index is 10.00. The summed E-state index contributed by atoms with van der Waals surface area (Å²) >= 11 is 5.87. The Morgan fingerprint density at radius 1 is 1.24 bits per heavy atom. The fourth-order valence-corrected chi connectivity index (χ4v) is 2.73. The number of rotatable bonds is 3. The van der Waals surface area contributed by atoms with E-state index >= 15 is 0 Å². The summed E-state index contributed by atoms with van der Waals surface area (Å²) in [6.07, 6.45) is 4.26. The molecule has 3 heteroatoms. The predicted octanol–water partition coefficient (Wildman–Crippen LogP) is 3.08. The summed E-state index contributed by atoms with van der Waals surface area (Å²) in [6, 6.07) is 8.24. The lowest BCUT2D eigenvalue weighted by Crippen LogP contribution is -2.42. The molecular weight excluding hydrogens is 234 g/mol. The average molecular weight is 254 g/mol. The smallest absolute Gasteiger partial charge is 0.0695 e. The highest BCUT2D eigenvalue weighted by Crippen LogP contribution is 2.23. The van der Waals surface area contributed by atoms with Crippen molar-refractivity contribution in [3.8, 4) is 0 Å². The summed E-state index contributed by atoms with van der Waals surface area (Å²) in [4.78, 5) is 2.26. The van der Waals surface area contributed by atoms with Gasteiger partial charge in [0.05, 0.1) is 6.10 Å². The first-order chi connectivity index (χ1) is 8.16. The fraction of sp³-hybridized carbons (Fsp3) is 0.571. The molecule has 0 aromatic heterocycles. The topological polar surface area (TPSA) is 23.5 Å². The number of hydrogen-bond donors (Lipinski definition) is 1. The minimum absolute atomic E-state index is 0.166. The van der Waals surface area contributed by atoms with Crippen molar-refractivity contribution in [2.75, 3.05) is 7.05 Å². The third-order valence-corrected chi connectivity index (χ3v) is 3.86. The molecule has 1 aromatic carbocycles. The highest BCUT2D eigenvalue weighted by Gasteiger charge is 2.26. The molecule has 0 unspecified atom stereocenters. The molecule has 1 aromatic rings. The van der Waals surface area contributed by atoms with Crippen LogP contribution in [0.15, 0.2) is 24.3 Å². The average Bonchev–Trinajstić information content (AvgIpc) is 2.32. The molecule has 2 nitrogen and oxygen atoms in total. The number of aliphatic hydroxyl groups is 1. The van der Waals surface area contributed by atoms with E-state index in [0.717, 1.165) is 30.8 Å². The second-order valence-corrected chi connectivity index (χ2v) is 5.40. The molecule has 0 heterocycles. The minimum Gasteiger partial charge on any atom is -0.391 e. The van der Waals surface area contributed by atoms with Gasteiger partial charge < -0.3 is 5.11 Å².